The molecule has 11 amide bonds. The molecule has 486 valence electrons. The van der Waals surface area contributed by atoms with E-state index in [2.05, 4.69) is 21.3 Å². The molecule has 1 rings (SSSR count). The van der Waals surface area contributed by atoms with Crippen LogP contribution >= 0.6 is 0 Å². The van der Waals surface area contributed by atoms with Gasteiger partial charge in [-0.25, -0.2) is 0 Å². The zero-order chi connectivity index (χ0) is 66.0. The highest BCUT2D eigenvalue weighted by molar-refractivity contribution is 6.00. The normalized spacial score (nSPS) is 27.2. The van der Waals surface area contributed by atoms with Gasteiger partial charge in [0.25, 0.3) is 0 Å². The average molecular weight is 1200 g/mol. The Bertz CT molecular complexity index is 2310. The monoisotopic (exact) mass is 1200 g/mol. The highest BCUT2D eigenvalue weighted by Crippen LogP contribution is 2.25. The molecule has 4 N–H and O–H groups in total. The van der Waals surface area contributed by atoms with Gasteiger partial charge in [0, 0.05) is 55.8 Å². The van der Waals surface area contributed by atoms with Crippen LogP contribution in [-0.2, 0) is 57.5 Å². The second-order valence-electron chi connectivity index (χ2n) is 26.4. The van der Waals surface area contributed by atoms with E-state index in [4.69, 9.17) is 0 Å². The van der Waals surface area contributed by atoms with Crippen LogP contribution in [0.1, 0.15) is 169 Å². The molecule has 0 aliphatic carbocycles. The van der Waals surface area contributed by atoms with Crippen molar-refractivity contribution < 1.29 is 57.5 Å². The lowest BCUT2D eigenvalue weighted by Crippen LogP contribution is -2.62. The molecule has 23 nitrogen and oxygen atoms in total. The Labute approximate surface area is 508 Å². The van der Waals surface area contributed by atoms with Crippen molar-refractivity contribution in [3.8, 4) is 0 Å². The zero-order valence-electron chi connectivity index (χ0n) is 56.2. The molecule has 12 atom stereocenters. The van der Waals surface area contributed by atoms with Gasteiger partial charge < -0.3 is 60.4 Å². The van der Waals surface area contributed by atoms with Crippen molar-refractivity contribution in [2.45, 2.75) is 236 Å². The molecular weight excluding hydrogens is 1090 g/mol. The van der Waals surface area contributed by atoms with E-state index >= 15 is 9.59 Å². The summed E-state index contributed by atoms with van der Waals surface area (Å²) in [5.41, 5.74) is 0. The maximum Gasteiger partial charge on any atom is 0.246 e. The van der Waals surface area contributed by atoms with E-state index in [0.29, 0.717) is 12.7 Å². The van der Waals surface area contributed by atoms with Crippen LogP contribution in [0, 0.1) is 41.4 Å². The van der Waals surface area contributed by atoms with Gasteiger partial charge in [-0.15, -0.1) is 0 Å². The standard InChI is InChI=1S/C62H111N11O12/c1-25-44-58(81)67(18)43(17)57(80)69(20)46(30-35(4)5)55(78)66-50(38(10)11)61(84)68(19)45(27-26-34(2)3)53(76)63-41(15)52(75)64-42(16)56(79)71(22)48(31-36(6)7)59(82)72(23)49(32-37(8)9)60(83)73(24)51(39(12)13)62(85)70(21)47(54(77)65-44)33-40(14)28-29-74/h29,34-51H,25-28,30-33H2,1-24H3,(H,63,76)(H,64,75)(H,65,77)(H,66,78)/t40-,41-,42+,43-,44+,45-,46+,47+,48-,49+,50-,51+/m1/s1. The lowest BCUT2D eigenvalue weighted by molar-refractivity contribution is -0.156. The van der Waals surface area contributed by atoms with E-state index in [1.165, 1.54) is 104 Å². The van der Waals surface area contributed by atoms with Crippen LogP contribution in [0.25, 0.3) is 0 Å². The lowest BCUT2D eigenvalue weighted by Gasteiger charge is -2.41. The summed E-state index contributed by atoms with van der Waals surface area (Å²) in [7, 11) is 10.1. The predicted octanol–water partition coefficient (Wildman–Crippen LogP) is 3.70. The summed E-state index contributed by atoms with van der Waals surface area (Å²) in [6.45, 7) is 29.9. The topological polar surface area (TPSA) is 276 Å². The number of nitrogens with one attached hydrogen (secondary N) is 4. The summed E-state index contributed by atoms with van der Waals surface area (Å²) in [5, 5.41) is 11.1. The second kappa shape index (κ2) is 34.8. The number of hydrogen-bond donors (Lipinski definition) is 4. The quantitative estimate of drug-likeness (QED) is 0.161. The molecule has 0 saturated carbocycles. The smallest absolute Gasteiger partial charge is 0.246 e. The van der Waals surface area contributed by atoms with Crippen LogP contribution in [0.2, 0.25) is 0 Å². The van der Waals surface area contributed by atoms with Crippen LogP contribution in [0.15, 0.2) is 0 Å². The molecule has 0 radical (unpaired) electrons. The van der Waals surface area contributed by atoms with Gasteiger partial charge in [0.05, 0.1) is 0 Å². The van der Waals surface area contributed by atoms with Crippen LogP contribution in [0.3, 0.4) is 0 Å². The van der Waals surface area contributed by atoms with E-state index < -0.39 is 149 Å². The Morgan fingerprint density at radius 3 is 1.27 bits per heavy atom. The van der Waals surface area contributed by atoms with Gasteiger partial charge in [0.1, 0.15) is 72.7 Å². The van der Waals surface area contributed by atoms with Crippen LogP contribution in [-0.4, -0.2) is 221 Å². The van der Waals surface area contributed by atoms with E-state index in [-0.39, 0.29) is 68.6 Å². The first-order valence-corrected chi connectivity index (χ1v) is 30.7. The predicted molar refractivity (Wildman–Crippen MR) is 328 cm³/mol. The molecule has 1 aliphatic rings. The van der Waals surface area contributed by atoms with Gasteiger partial charge in [-0.1, -0.05) is 96.9 Å². The minimum Gasteiger partial charge on any atom is -0.343 e. The van der Waals surface area contributed by atoms with Gasteiger partial charge in [0.2, 0.25) is 65.0 Å². The summed E-state index contributed by atoms with van der Waals surface area (Å²) in [5.74, 6) is -8.85. The second-order valence-corrected chi connectivity index (χ2v) is 26.4. The highest BCUT2D eigenvalue weighted by Gasteiger charge is 2.44. The molecule has 0 aromatic rings. The molecule has 23 heteroatoms. The van der Waals surface area contributed by atoms with Crippen molar-refractivity contribution >= 4 is 71.3 Å². The summed E-state index contributed by atoms with van der Waals surface area (Å²) in [6, 6.07) is -13.0. The van der Waals surface area contributed by atoms with Gasteiger partial charge in [-0.2, -0.15) is 0 Å². The first-order valence-electron chi connectivity index (χ1n) is 30.7. The number of carbonyl (C=O) groups is 12. The fourth-order valence-corrected chi connectivity index (χ4v) is 10.8. The molecular formula is C62H111N11O12. The molecule has 0 aromatic carbocycles. The van der Waals surface area contributed by atoms with Crippen LogP contribution in [0.4, 0.5) is 0 Å². The lowest BCUT2D eigenvalue weighted by atomic mass is 9.94. The SMILES string of the molecule is CC[C@@H]1NC(=O)[C@H](C[C@H](C)CC=O)N(C)C(=O)[C@H](C(C)C)N(C)C(=O)[C@H](CC(C)C)N(C)C(=O)[C@@H](CC(C)C)N(C)C(=O)[C@H](C)NC(=O)[C@@H](C)NC(=O)[C@@H](CCC(C)C)N(C)C(=O)[C@@H](C(C)C)NC(=O)[C@H](CC(C)C)N(C)C(=O)[C@@H](C)N(C)C1=O. The highest BCUT2D eigenvalue weighted by atomic mass is 16.2. The zero-order valence-corrected chi connectivity index (χ0v) is 56.2. The molecule has 1 saturated heterocycles. The van der Waals surface area contributed by atoms with Crippen molar-refractivity contribution in [2.24, 2.45) is 41.4 Å². The summed E-state index contributed by atoms with van der Waals surface area (Å²) < 4.78 is 0. The Hall–Kier alpha value is -6.16. The van der Waals surface area contributed by atoms with E-state index in [1.54, 1.807) is 41.5 Å². The Morgan fingerprint density at radius 1 is 0.400 bits per heavy atom. The number of amides is 11. The number of aldehydes is 1. The third-order valence-electron chi connectivity index (χ3n) is 16.4. The maximum absolute atomic E-state index is 15.1. The molecule has 1 fully saturated rings. The average Bonchev–Trinajstić information content (AvgIpc) is 3.61. The molecule has 85 heavy (non-hydrogen) atoms. The van der Waals surface area contributed by atoms with Crippen molar-refractivity contribution in [3.63, 3.8) is 0 Å². The molecule has 1 aliphatic heterocycles. The van der Waals surface area contributed by atoms with E-state index in [0.717, 1.165) is 0 Å². The van der Waals surface area contributed by atoms with Gasteiger partial charge >= 0.3 is 0 Å². The first-order chi connectivity index (χ1) is 39.2. The fraction of sp³-hybridized carbons (Fsp3) is 0.806. The number of rotatable bonds is 16. The molecule has 0 bridgehead atoms. The Morgan fingerprint density at radius 2 is 0.812 bits per heavy atom. The van der Waals surface area contributed by atoms with Crippen molar-refractivity contribution in [3.05, 3.63) is 0 Å². The van der Waals surface area contributed by atoms with Crippen molar-refractivity contribution in [2.75, 3.05) is 49.3 Å². The first kappa shape index (κ1) is 76.9. The maximum atomic E-state index is 15.1. The number of hydrogen-bond acceptors (Lipinski definition) is 12. The fourth-order valence-electron chi connectivity index (χ4n) is 10.8. The Balaban J connectivity index is 4.32. The minimum absolute atomic E-state index is 0.0139. The van der Waals surface area contributed by atoms with Gasteiger partial charge in [-0.05, 0) is 107 Å². The largest absolute Gasteiger partial charge is 0.343 e. The van der Waals surface area contributed by atoms with Crippen LogP contribution < -0.4 is 21.3 Å². The van der Waals surface area contributed by atoms with Crippen molar-refractivity contribution in [1.29, 1.82) is 0 Å². The van der Waals surface area contributed by atoms with E-state index in [9.17, 15) is 47.9 Å². The van der Waals surface area contributed by atoms with E-state index in [1.807, 2.05) is 55.4 Å². The van der Waals surface area contributed by atoms with Crippen LogP contribution in [0.5, 0.6) is 0 Å². The number of nitrogens with zero attached hydrogens (tertiary/aromatic N) is 7. The third kappa shape index (κ3) is 21.6. The summed E-state index contributed by atoms with van der Waals surface area (Å²) in [4.78, 5) is 181. The number of carbonyl (C=O) groups excluding carboxylic acids is 12. The third-order valence-corrected chi connectivity index (χ3v) is 16.4. The summed E-state index contributed by atoms with van der Waals surface area (Å²) in [6.07, 6.45) is 1.97. The summed E-state index contributed by atoms with van der Waals surface area (Å²) >= 11 is 0. The molecule has 0 unspecified atom stereocenters. The molecule has 1 heterocycles. The van der Waals surface area contributed by atoms with Gasteiger partial charge in [-0.3, -0.25) is 52.7 Å². The molecule has 0 spiro atoms. The minimum atomic E-state index is -1.27. The Kier molecular flexibility index (Phi) is 31.5. The van der Waals surface area contributed by atoms with Crippen molar-refractivity contribution in [1.82, 2.24) is 55.6 Å². The van der Waals surface area contributed by atoms with Gasteiger partial charge in [0.15, 0.2) is 0 Å². The number of likely N-dealkylation sites (N-methyl/N-ethyl adjacent to an activating group) is 7. The molecule has 0 aromatic heterocycles.